The first-order chi connectivity index (χ1) is 8.35. The number of halogens is 3. The number of hydrogen-bond acceptors (Lipinski definition) is 1. The zero-order chi connectivity index (χ0) is 12.1. The van der Waals surface area contributed by atoms with Gasteiger partial charge in [0.15, 0.2) is 0 Å². The van der Waals surface area contributed by atoms with E-state index in [4.69, 9.17) is 23.2 Å². The van der Waals surface area contributed by atoms with Crippen LogP contribution in [0.1, 0.15) is 24.8 Å². The second kappa shape index (κ2) is 8.27. The van der Waals surface area contributed by atoms with E-state index in [0.717, 1.165) is 6.54 Å². The maximum absolute atomic E-state index is 6.08. The number of likely N-dealkylation sites (tertiary alicyclic amines) is 1. The molecular weight excluding hydrogens is 289 g/mol. The summed E-state index contributed by atoms with van der Waals surface area (Å²) >= 11 is 12.2. The fourth-order valence-electron chi connectivity index (χ4n) is 2.60. The molecule has 0 N–H and O–H groups in total. The van der Waals surface area contributed by atoms with E-state index in [2.05, 4.69) is 35.2 Å². The summed E-state index contributed by atoms with van der Waals surface area (Å²) in [5.74, 6) is 1.42. The van der Waals surface area contributed by atoms with Crippen molar-refractivity contribution in [3.63, 3.8) is 0 Å². The number of nitrogens with zero attached hydrogens (tertiary/aromatic N) is 1. The normalized spacial score (nSPS) is 24.6. The van der Waals surface area contributed by atoms with Crippen molar-refractivity contribution in [3.8, 4) is 0 Å². The average molecular weight is 309 g/mol. The van der Waals surface area contributed by atoms with Crippen LogP contribution >= 0.6 is 35.6 Å². The third-order valence-electron chi connectivity index (χ3n) is 3.58. The van der Waals surface area contributed by atoms with Gasteiger partial charge < -0.3 is 0 Å². The topological polar surface area (TPSA) is 3.24 Å². The van der Waals surface area contributed by atoms with E-state index >= 15 is 0 Å². The zero-order valence-corrected chi connectivity index (χ0v) is 12.7. The number of hydrogen-bond donors (Lipinski definition) is 0. The van der Waals surface area contributed by atoms with Gasteiger partial charge in [-0.3, -0.25) is 4.90 Å². The lowest BCUT2D eigenvalue weighted by Crippen LogP contribution is -2.47. The molecule has 1 heterocycles. The standard InChI is InChI=1S/C14H19Cl2N.ClH/c15-9-13-7-4-8-14(10-16)17(13)11-12-5-2-1-3-6-12;/h1-3,5-6,13-14H,4,7-11H2;1H. The molecule has 0 amide bonds. The molecule has 1 nitrogen and oxygen atoms in total. The lowest BCUT2D eigenvalue weighted by molar-refractivity contribution is 0.0991. The molecule has 1 saturated heterocycles. The Morgan fingerprint density at radius 1 is 1.00 bits per heavy atom. The van der Waals surface area contributed by atoms with Crippen LogP contribution in [-0.4, -0.2) is 28.7 Å². The first-order valence-corrected chi connectivity index (χ1v) is 7.33. The zero-order valence-electron chi connectivity index (χ0n) is 10.4. The summed E-state index contributed by atoms with van der Waals surface area (Å²) in [6.07, 6.45) is 3.65. The summed E-state index contributed by atoms with van der Waals surface area (Å²) in [7, 11) is 0. The Bertz CT molecular complexity index is 319. The SMILES string of the molecule is Cl.ClCC1CCCC(CCl)N1Cc1ccccc1. The van der Waals surface area contributed by atoms with E-state index in [1.807, 2.05) is 0 Å². The first-order valence-electron chi connectivity index (χ1n) is 6.26. The Hall–Kier alpha value is 0.0500. The molecule has 1 aliphatic rings. The molecule has 102 valence electrons. The smallest absolute Gasteiger partial charge is 0.0379 e. The van der Waals surface area contributed by atoms with Gasteiger partial charge in [-0.25, -0.2) is 0 Å². The maximum Gasteiger partial charge on any atom is 0.0379 e. The third kappa shape index (κ3) is 4.03. The molecule has 18 heavy (non-hydrogen) atoms. The van der Waals surface area contributed by atoms with Crippen molar-refractivity contribution < 1.29 is 0 Å². The van der Waals surface area contributed by atoms with Crippen molar-refractivity contribution in [1.29, 1.82) is 0 Å². The molecule has 2 atom stereocenters. The van der Waals surface area contributed by atoms with E-state index in [1.54, 1.807) is 0 Å². The van der Waals surface area contributed by atoms with Crippen LogP contribution in [0.4, 0.5) is 0 Å². The second-order valence-electron chi connectivity index (χ2n) is 4.71. The Kier molecular flexibility index (Phi) is 7.40. The van der Waals surface area contributed by atoms with Crippen LogP contribution in [0.5, 0.6) is 0 Å². The largest absolute Gasteiger partial charge is 0.291 e. The summed E-state index contributed by atoms with van der Waals surface area (Å²) in [6, 6.07) is 11.5. The first kappa shape index (κ1) is 16.1. The molecule has 1 aromatic carbocycles. The predicted octanol–water partition coefficient (Wildman–Crippen LogP) is 4.31. The van der Waals surface area contributed by atoms with Gasteiger partial charge in [0.1, 0.15) is 0 Å². The Morgan fingerprint density at radius 2 is 1.56 bits per heavy atom. The summed E-state index contributed by atoms with van der Waals surface area (Å²) in [5.41, 5.74) is 1.35. The Balaban J connectivity index is 0.00000162. The number of piperidine rings is 1. The predicted molar refractivity (Wildman–Crippen MR) is 82.1 cm³/mol. The fourth-order valence-corrected chi connectivity index (χ4v) is 3.27. The minimum Gasteiger partial charge on any atom is -0.291 e. The van der Waals surface area contributed by atoms with E-state index in [-0.39, 0.29) is 12.4 Å². The minimum atomic E-state index is 0. The van der Waals surface area contributed by atoms with Crippen LogP contribution in [0, 0.1) is 0 Å². The molecule has 0 bridgehead atoms. The van der Waals surface area contributed by atoms with Gasteiger partial charge in [-0.1, -0.05) is 36.8 Å². The average Bonchev–Trinajstić information content (AvgIpc) is 2.40. The van der Waals surface area contributed by atoms with Crippen LogP contribution < -0.4 is 0 Å². The monoisotopic (exact) mass is 307 g/mol. The summed E-state index contributed by atoms with van der Waals surface area (Å²) < 4.78 is 0. The fraction of sp³-hybridized carbons (Fsp3) is 0.571. The van der Waals surface area contributed by atoms with Crippen LogP contribution in [0.25, 0.3) is 0 Å². The summed E-state index contributed by atoms with van der Waals surface area (Å²) in [6.45, 7) is 0.968. The van der Waals surface area contributed by atoms with E-state index in [9.17, 15) is 0 Å². The Morgan fingerprint density at radius 3 is 2.06 bits per heavy atom. The summed E-state index contributed by atoms with van der Waals surface area (Å²) in [5, 5.41) is 0. The van der Waals surface area contributed by atoms with Crippen molar-refractivity contribution >= 4 is 35.6 Å². The molecule has 2 unspecified atom stereocenters. The molecule has 0 saturated carbocycles. The highest BCUT2D eigenvalue weighted by atomic mass is 35.5. The highest BCUT2D eigenvalue weighted by Crippen LogP contribution is 2.26. The summed E-state index contributed by atoms with van der Waals surface area (Å²) in [4.78, 5) is 2.48. The molecule has 1 aliphatic heterocycles. The van der Waals surface area contributed by atoms with Crippen LogP contribution in [0.2, 0.25) is 0 Å². The molecule has 2 rings (SSSR count). The van der Waals surface area contributed by atoms with Gasteiger partial charge in [-0.2, -0.15) is 0 Å². The lowest BCUT2D eigenvalue weighted by atomic mass is 9.96. The second-order valence-corrected chi connectivity index (χ2v) is 5.32. The van der Waals surface area contributed by atoms with Gasteiger partial charge in [0.25, 0.3) is 0 Å². The molecule has 0 aromatic heterocycles. The molecule has 0 radical (unpaired) electrons. The number of rotatable bonds is 4. The Labute approximate surface area is 126 Å². The van der Waals surface area contributed by atoms with Crippen molar-refractivity contribution in [1.82, 2.24) is 4.90 Å². The van der Waals surface area contributed by atoms with E-state index < -0.39 is 0 Å². The van der Waals surface area contributed by atoms with Crippen molar-refractivity contribution in [2.75, 3.05) is 11.8 Å². The lowest BCUT2D eigenvalue weighted by Gasteiger charge is -2.40. The molecule has 0 spiro atoms. The molecule has 4 heteroatoms. The maximum atomic E-state index is 6.08. The molecule has 0 aliphatic carbocycles. The quantitative estimate of drug-likeness (QED) is 0.749. The van der Waals surface area contributed by atoms with Crippen LogP contribution in [0.3, 0.4) is 0 Å². The van der Waals surface area contributed by atoms with Crippen LogP contribution in [0.15, 0.2) is 30.3 Å². The van der Waals surface area contributed by atoms with E-state index in [1.165, 1.54) is 24.8 Å². The van der Waals surface area contributed by atoms with Crippen molar-refractivity contribution in [2.24, 2.45) is 0 Å². The van der Waals surface area contributed by atoms with Crippen LogP contribution in [-0.2, 0) is 6.54 Å². The highest BCUT2D eigenvalue weighted by molar-refractivity contribution is 6.18. The van der Waals surface area contributed by atoms with E-state index in [0.29, 0.717) is 23.8 Å². The van der Waals surface area contributed by atoms with Gasteiger partial charge in [0.2, 0.25) is 0 Å². The van der Waals surface area contributed by atoms with Gasteiger partial charge >= 0.3 is 0 Å². The van der Waals surface area contributed by atoms with Gasteiger partial charge in [-0.15, -0.1) is 35.6 Å². The van der Waals surface area contributed by atoms with Gasteiger partial charge in [-0.05, 0) is 18.4 Å². The number of benzene rings is 1. The van der Waals surface area contributed by atoms with Gasteiger partial charge in [0, 0.05) is 30.4 Å². The number of alkyl halides is 2. The molecule has 1 aromatic rings. The third-order valence-corrected chi connectivity index (χ3v) is 4.29. The molecule has 1 fully saturated rings. The van der Waals surface area contributed by atoms with Gasteiger partial charge in [0.05, 0.1) is 0 Å². The van der Waals surface area contributed by atoms with Crippen molar-refractivity contribution in [3.05, 3.63) is 35.9 Å². The van der Waals surface area contributed by atoms with Crippen molar-refractivity contribution in [2.45, 2.75) is 37.9 Å². The minimum absolute atomic E-state index is 0. The highest BCUT2D eigenvalue weighted by Gasteiger charge is 2.29. The molecular formula is C14H20Cl3N.